The van der Waals surface area contributed by atoms with Crippen molar-refractivity contribution in [2.75, 3.05) is 6.61 Å². The van der Waals surface area contributed by atoms with Gasteiger partial charge in [-0.1, -0.05) is 18.2 Å². The molecule has 0 radical (unpaired) electrons. The highest BCUT2D eigenvalue weighted by Gasteiger charge is 2.27. The van der Waals surface area contributed by atoms with Crippen LogP contribution in [0.15, 0.2) is 30.6 Å². The molecule has 3 rings (SSSR count). The van der Waals surface area contributed by atoms with E-state index in [1.165, 1.54) is 5.56 Å². The largest absolute Gasteiger partial charge is 0.509 e. The zero-order chi connectivity index (χ0) is 15.5. The van der Waals surface area contributed by atoms with Crippen molar-refractivity contribution in [1.29, 1.82) is 5.26 Å². The van der Waals surface area contributed by atoms with Gasteiger partial charge in [-0.15, -0.1) is 0 Å². The van der Waals surface area contributed by atoms with Crippen LogP contribution in [0, 0.1) is 11.3 Å². The Morgan fingerprint density at radius 3 is 3.05 bits per heavy atom. The number of hydrogen-bond acceptors (Lipinski definition) is 5. The zero-order valence-electron chi connectivity index (χ0n) is 12.2. The van der Waals surface area contributed by atoms with Crippen molar-refractivity contribution in [2.24, 2.45) is 0 Å². The van der Waals surface area contributed by atoms with Crippen LogP contribution in [0.5, 0.6) is 0 Å². The molecule has 112 valence electrons. The molecule has 1 aromatic carbocycles. The summed E-state index contributed by atoms with van der Waals surface area (Å²) < 4.78 is 11.7. The number of aryl methyl sites for hydroxylation is 1. The van der Waals surface area contributed by atoms with E-state index in [1.54, 1.807) is 13.3 Å². The molecule has 6 nitrogen and oxygen atoms in total. The number of ether oxygens (including phenoxy) is 2. The van der Waals surface area contributed by atoms with Crippen LogP contribution >= 0.6 is 0 Å². The molecule has 0 spiro atoms. The smallest absolute Gasteiger partial charge is 0.435 e. The van der Waals surface area contributed by atoms with Crippen LogP contribution in [0.2, 0.25) is 0 Å². The summed E-state index contributed by atoms with van der Waals surface area (Å²) in [5.41, 5.74) is 3.66. The predicted molar refractivity (Wildman–Crippen MR) is 77.4 cm³/mol. The number of nitriles is 1. The molecule has 6 heteroatoms. The van der Waals surface area contributed by atoms with Crippen LogP contribution in [-0.2, 0) is 22.3 Å². The standard InChI is InChI=1S/C16H15N3O3/c1-2-21-16(20)22-14(9-17)15-13-8-7-11-5-3-4-6-12(11)19(13)10-18-15/h3-6,10,14H,2,7-8H2,1H3. The van der Waals surface area contributed by atoms with E-state index in [-0.39, 0.29) is 6.61 Å². The molecular formula is C16H15N3O3. The number of nitrogens with zero attached hydrogens (tertiary/aromatic N) is 3. The number of rotatable bonds is 3. The maximum Gasteiger partial charge on any atom is 0.509 e. The van der Waals surface area contributed by atoms with Crippen LogP contribution in [0.1, 0.15) is 30.0 Å². The topological polar surface area (TPSA) is 77.1 Å². The number of fused-ring (bicyclic) bond motifs is 3. The second-order valence-electron chi connectivity index (χ2n) is 4.89. The summed E-state index contributed by atoms with van der Waals surface area (Å²) in [7, 11) is 0. The van der Waals surface area contributed by atoms with Gasteiger partial charge >= 0.3 is 6.16 Å². The minimum absolute atomic E-state index is 0.200. The lowest BCUT2D eigenvalue weighted by Crippen LogP contribution is -2.16. The van der Waals surface area contributed by atoms with Gasteiger partial charge in [0.15, 0.2) is 0 Å². The molecular weight excluding hydrogens is 282 g/mol. The second-order valence-corrected chi connectivity index (χ2v) is 4.89. The molecule has 2 heterocycles. The maximum atomic E-state index is 11.4. The van der Waals surface area contributed by atoms with Gasteiger partial charge in [0.05, 0.1) is 18.6 Å². The molecule has 0 saturated heterocycles. The lowest BCUT2D eigenvalue weighted by atomic mass is 10.00. The first-order valence-corrected chi connectivity index (χ1v) is 7.12. The molecule has 0 aliphatic carbocycles. The third-order valence-electron chi connectivity index (χ3n) is 3.62. The third kappa shape index (κ3) is 2.42. The van der Waals surface area contributed by atoms with E-state index in [4.69, 9.17) is 9.47 Å². The van der Waals surface area contributed by atoms with Crippen molar-refractivity contribution in [3.05, 3.63) is 47.5 Å². The molecule has 0 N–H and O–H groups in total. The Morgan fingerprint density at radius 1 is 1.45 bits per heavy atom. The van der Waals surface area contributed by atoms with E-state index in [2.05, 4.69) is 11.1 Å². The molecule has 0 amide bonds. The minimum Gasteiger partial charge on any atom is -0.435 e. The summed E-state index contributed by atoms with van der Waals surface area (Å²) in [6, 6.07) is 10.0. The number of aromatic nitrogens is 2. The second kappa shape index (κ2) is 5.90. The number of para-hydroxylation sites is 1. The molecule has 1 unspecified atom stereocenters. The molecule has 1 aliphatic rings. The number of carbonyl (C=O) groups excluding carboxylic acids is 1. The Morgan fingerprint density at radius 2 is 2.27 bits per heavy atom. The third-order valence-corrected chi connectivity index (χ3v) is 3.62. The summed E-state index contributed by atoms with van der Waals surface area (Å²) in [4.78, 5) is 15.7. The molecule has 0 fully saturated rings. The number of carbonyl (C=O) groups is 1. The van der Waals surface area contributed by atoms with Crippen LogP contribution < -0.4 is 0 Å². The van der Waals surface area contributed by atoms with E-state index >= 15 is 0 Å². The first-order chi connectivity index (χ1) is 10.7. The summed E-state index contributed by atoms with van der Waals surface area (Å²) in [5.74, 6) is 0. The van der Waals surface area contributed by atoms with Crippen molar-refractivity contribution < 1.29 is 14.3 Å². The fourth-order valence-electron chi connectivity index (χ4n) is 2.66. The first-order valence-electron chi connectivity index (χ1n) is 7.12. The highest BCUT2D eigenvalue weighted by Crippen LogP contribution is 2.29. The molecule has 2 aromatic rings. The number of benzene rings is 1. The summed E-state index contributed by atoms with van der Waals surface area (Å²) in [6.07, 6.45) is 1.37. The van der Waals surface area contributed by atoms with Gasteiger partial charge in [0.25, 0.3) is 0 Å². The van der Waals surface area contributed by atoms with Crippen molar-refractivity contribution >= 4 is 6.16 Å². The Labute approximate surface area is 127 Å². The Kier molecular flexibility index (Phi) is 3.79. The summed E-state index contributed by atoms with van der Waals surface area (Å²) in [5, 5.41) is 9.28. The minimum atomic E-state index is -1.06. The number of imidazole rings is 1. The average Bonchev–Trinajstić information content (AvgIpc) is 2.97. The fourth-order valence-corrected chi connectivity index (χ4v) is 2.66. The van der Waals surface area contributed by atoms with Gasteiger partial charge in [-0.2, -0.15) is 5.26 Å². The van der Waals surface area contributed by atoms with E-state index in [0.29, 0.717) is 5.69 Å². The summed E-state index contributed by atoms with van der Waals surface area (Å²) >= 11 is 0. The van der Waals surface area contributed by atoms with Crippen molar-refractivity contribution in [3.8, 4) is 11.8 Å². The van der Waals surface area contributed by atoms with E-state index in [9.17, 15) is 10.1 Å². The van der Waals surface area contributed by atoms with Crippen LogP contribution in [0.4, 0.5) is 4.79 Å². The Hall–Kier alpha value is -2.81. The zero-order valence-corrected chi connectivity index (χ0v) is 12.2. The van der Waals surface area contributed by atoms with Gasteiger partial charge in [0.1, 0.15) is 11.8 Å². The normalized spacial score (nSPS) is 13.5. The van der Waals surface area contributed by atoms with E-state index in [0.717, 1.165) is 24.2 Å². The highest BCUT2D eigenvalue weighted by atomic mass is 16.7. The summed E-state index contributed by atoms with van der Waals surface area (Å²) in [6.45, 7) is 1.88. The highest BCUT2D eigenvalue weighted by molar-refractivity contribution is 5.61. The van der Waals surface area contributed by atoms with Crippen molar-refractivity contribution in [1.82, 2.24) is 9.55 Å². The molecule has 0 saturated carbocycles. The first kappa shape index (κ1) is 14.1. The molecule has 1 aromatic heterocycles. The van der Waals surface area contributed by atoms with E-state index in [1.807, 2.05) is 28.8 Å². The van der Waals surface area contributed by atoms with Gasteiger partial charge in [0, 0.05) is 5.69 Å². The van der Waals surface area contributed by atoms with Crippen molar-refractivity contribution in [2.45, 2.75) is 25.9 Å². The average molecular weight is 297 g/mol. The maximum absolute atomic E-state index is 11.4. The van der Waals surface area contributed by atoms with Crippen LogP contribution in [-0.4, -0.2) is 22.3 Å². The Bertz CT molecular complexity index is 745. The van der Waals surface area contributed by atoms with Gasteiger partial charge < -0.3 is 14.0 Å². The quantitative estimate of drug-likeness (QED) is 0.814. The SMILES string of the molecule is CCOC(=O)OC(C#N)c1ncn2c1CCc1ccccc1-2. The van der Waals surface area contributed by atoms with Gasteiger partial charge in [-0.05, 0) is 31.4 Å². The van der Waals surface area contributed by atoms with Crippen LogP contribution in [0.25, 0.3) is 5.69 Å². The lowest BCUT2D eigenvalue weighted by Gasteiger charge is -2.20. The molecule has 22 heavy (non-hydrogen) atoms. The lowest BCUT2D eigenvalue weighted by molar-refractivity contribution is 0.0409. The molecule has 1 aliphatic heterocycles. The van der Waals surface area contributed by atoms with E-state index < -0.39 is 12.3 Å². The van der Waals surface area contributed by atoms with Gasteiger partial charge in [0.2, 0.25) is 6.10 Å². The van der Waals surface area contributed by atoms with Crippen molar-refractivity contribution in [3.63, 3.8) is 0 Å². The monoisotopic (exact) mass is 297 g/mol. The van der Waals surface area contributed by atoms with Gasteiger partial charge in [-0.25, -0.2) is 9.78 Å². The van der Waals surface area contributed by atoms with Gasteiger partial charge in [-0.3, -0.25) is 0 Å². The van der Waals surface area contributed by atoms with Crippen LogP contribution in [0.3, 0.4) is 0 Å². The molecule has 0 bridgehead atoms. The number of hydrogen-bond donors (Lipinski definition) is 0. The molecule has 1 atom stereocenters. The fraction of sp³-hybridized carbons (Fsp3) is 0.312. The predicted octanol–water partition coefficient (Wildman–Crippen LogP) is 2.71. The Balaban J connectivity index is 1.93.